The minimum Gasteiger partial charge on any atom is -0.365 e. The highest BCUT2D eigenvalue weighted by Gasteiger charge is 2.27. The maximum atomic E-state index is 14.1. The third-order valence-electron chi connectivity index (χ3n) is 4.78. The van der Waals surface area contributed by atoms with E-state index < -0.39 is 11.6 Å². The second-order valence-electron chi connectivity index (χ2n) is 7.22. The fourth-order valence-electron chi connectivity index (χ4n) is 3.35. The van der Waals surface area contributed by atoms with Crippen molar-refractivity contribution in [1.29, 1.82) is 0 Å². The molecule has 1 saturated heterocycles. The summed E-state index contributed by atoms with van der Waals surface area (Å²) in [6.45, 7) is 4.25. The Hall–Kier alpha value is -2.90. The maximum absolute atomic E-state index is 14.1. The Morgan fingerprint density at radius 1 is 1.21 bits per heavy atom. The SMILES string of the molecule is CCNC(=NCc1cccc(N(C)C)n1)NC1CCN(c2c(F)cccc2F)C1. The monoisotopic (exact) mass is 402 g/mol. The lowest BCUT2D eigenvalue weighted by Crippen LogP contribution is -2.44. The van der Waals surface area contributed by atoms with Gasteiger partial charge in [-0.2, -0.15) is 0 Å². The smallest absolute Gasteiger partial charge is 0.191 e. The topological polar surface area (TPSA) is 55.8 Å². The fourth-order valence-corrected chi connectivity index (χ4v) is 3.35. The van der Waals surface area contributed by atoms with Crippen LogP contribution in [0.2, 0.25) is 0 Å². The van der Waals surface area contributed by atoms with Crippen LogP contribution in [0, 0.1) is 11.6 Å². The van der Waals surface area contributed by atoms with Gasteiger partial charge in [0, 0.05) is 39.8 Å². The Labute approximate surface area is 170 Å². The minimum absolute atomic E-state index is 0.0449. The molecule has 1 unspecified atom stereocenters. The number of anilines is 2. The molecular weight excluding hydrogens is 374 g/mol. The van der Waals surface area contributed by atoms with Gasteiger partial charge in [0.05, 0.1) is 12.2 Å². The van der Waals surface area contributed by atoms with E-state index in [2.05, 4.69) is 20.6 Å². The molecule has 2 heterocycles. The van der Waals surface area contributed by atoms with Gasteiger partial charge in [-0.15, -0.1) is 0 Å². The predicted octanol–water partition coefficient (Wildman–Crippen LogP) is 2.76. The first-order chi connectivity index (χ1) is 14.0. The summed E-state index contributed by atoms with van der Waals surface area (Å²) in [5, 5.41) is 6.61. The molecule has 6 nitrogen and oxygen atoms in total. The van der Waals surface area contributed by atoms with Crippen LogP contribution >= 0.6 is 0 Å². The molecule has 0 saturated carbocycles. The molecule has 156 valence electrons. The van der Waals surface area contributed by atoms with Gasteiger partial charge in [0.25, 0.3) is 0 Å². The van der Waals surface area contributed by atoms with E-state index in [1.807, 2.05) is 44.1 Å². The first-order valence-corrected chi connectivity index (χ1v) is 9.85. The number of hydrogen-bond acceptors (Lipinski definition) is 4. The quantitative estimate of drug-likeness (QED) is 0.575. The number of guanidine groups is 1. The Kier molecular flexibility index (Phi) is 6.85. The van der Waals surface area contributed by atoms with Gasteiger partial charge in [-0.1, -0.05) is 12.1 Å². The molecule has 0 spiro atoms. The zero-order valence-corrected chi connectivity index (χ0v) is 17.1. The Morgan fingerprint density at radius 3 is 2.62 bits per heavy atom. The second kappa shape index (κ2) is 9.54. The van der Waals surface area contributed by atoms with Crippen molar-refractivity contribution in [3.63, 3.8) is 0 Å². The van der Waals surface area contributed by atoms with Crippen molar-refractivity contribution >= 4 is 17.5 Å². The average molecular weight is 402 g/mol. The molecule has 8 heteroatoms. The molecule has 0 aliphatic carbocycles. The zero-order chi connectivity index (χ0) is 20.8. The molecule has 2 N–H and O–H groups in total. The highest BCUT2D eigenvalue weighted by Crippen LogP contribution is 2.26. The van der Waals surface area contributed by atoms with Crippen LogP contribution in [-0.2, 0) is 6.54 Å². The Morgan fingerprint density at radius 2 is 1.93 bits per heavy atom. The third-order valence-corrected chi connectivity index (χ3v) is 4.78. The van der Waals surface area contributed by atoms with Crippen molar-refractivity contribution in [3.8, 4) is 0 Å². The van der Waals surface area contributed by atoms with Crippen LogP contribution < -0.4 is 20.4 Å². The van der Waals surface area contributed by atoms with Gasteiger partial charge in [0.1, 0.15) is 23.1 Å². The minimum atomic E-state index is -0.530. The molecule has 1 aromatic carbocycles. The molecule has 2 aromatic rings. The second-order valence-corrected chi connectivity index (χ2v) is 7.22. The maximum Gasteiger partial charge on any atom is 0.191 e. The zero-order valence-electron chi connectivity index (χ0n) is 17.1. The van der Waals surface area contributed by atoms with Crippen LogP contribution in [0.3, 0.4) is 0 Å². The van der Waals surface area contributed by atoms with Crippen LogP contribution in [0.5, 0.6) is 0 Å². The molecule has 1 atom stereocenters. The summed E-state index contributed by atoms with van der Waals surface area (Å²) in [4.78, 5) is 12.9. The lowest BCUT2D eigenvalue weighted by molar-refractivity contribution is 0.576. The predicted molar refractivity (Wildman–Crippen MR) is 113 cm³/mol. The highest BCUT2D eigenvalue weighted by molar-refractivity contribution is 5.80. The van der Waals surface area contributed by atoms with Gasteiger partial charge < -0.3 is 20.4 Å². The molecule has 1 aliphatic rings. The standard InChI is InChI=1S/C21H28F2N6/c1-4-24-21(25-13-15-7-5-10-19(26-15)28(2)3)27-16-11-12-29(14-16)20-17(22)8-6-9-18(20)23/h5-10,16H,4,11-14H2,1-3H3,(H2,24,25,27). The average Bonchev–Trinajstić information content (AvgIpc) is 3.14. The van der Waals surface area contributed by atoms with E-state index in [9.17, 15) is 8.78 Å². The van der Waals surface area contributed by atoms with E-state index in [0.29, 0.717) is 25.6 Å². The number of nitrogens with one attached hydrogen (secondary N) is 2. The fraction of sp³-hybridized carbons (Fsp3) is 0.429. The van der Waals surface area contributed by atoms with Crippen molar-refractivity contribution in [2.24, 2.45) is 4.99 Å². The molecule has 0 amide bonds. The van der Waals surface area contributed by atoms with Crippen LogP contribution in [0.25, 0.3) is 0 Å². The van der Waals surface area contributed by atoms with Crippen molar-refractivity contribution in [1.82, 2.24) is 15.6 Å². The molecule has 29 heavy (non-hydrogen) atoms. The normalized spacial score (nSPS) is 16.8. The molecule has 0 radical (unpaired) electrons. The lowest BCUT2D eigenvalue weighted by atomic mass is 10.2. The first-order valence-electron chi connectivity index (χ1n) is 9.85. The number of rotatable bonds is 6. The highest BCUT2D eigenvalue weighted by atomic mass is 19.1. The van der Waals surface area contributed by atoms with Gasteiger partial charge in [-0.25, -0.2) is 18.8 Å². The number of hydrogen-bond donors (Lipinski definition) is 2. The van der Waals surface area contributed by atoms with E-state index >= 15 is 0 Å². The number of aromatic nitrogens is 1. The van der Waals surface area contributed by atoms with Crippen molar-refractivity contribution in [2.75, 3.05) is 43.5 Å². The summed E-state index contributed by atoms with van der Waals surface area (Å²) in [6, 6.07) is 9.87. The van der Waals surface area contributed by atoms with E-state index in [4.69, 9.17) is 0 Å². The number of pyridine rings is 1. The number of para-hydroxylation sites is 1. The first kappa shape index (κ1) is 20.8. The van der Waals surface area contributed by atoms with Crippen molar-refractivity contribution in [3.05, 3.63) is 53.7 Å². The number of nitrogens with zero attached hydrogens (tertiary/aromatic N) is 4. The summed E-state index contributed by atoms with van der Waals surface area (Å²) in [5.74, 6) is 0.496. The van der Waals surface area contributed by atoms with Crippen molar-refractivity contribution in [2.45, 2.75) is 25.9 Å². The third kappa shape index (κ3) is 5.34. The van der Waals surface area contributed by atoms with Gasteiger partial charge in [0.2, 0.25) is 0 Å². The summed E-state index contributed by atoms with van der Waals surface area (Å²) >= 11 is 0. The van der Waals surface area contributed by atoms with Gasteiger partial charge in [-0.05, 0) is 37.6 Å². The molecule has 1 fully saturated rings. The van der Waals surface area contributed by atoms with Crippen molar-refractivity contribution < 1.29 is 8.78 Å². The summed E-state index contributed by atoms with van der Waals surface area (Å²) in [6.07, 6.45) is 0.770. The molecule has 0 bridgehead atoms. The van der Waals surface area contributed by atoms with Gasteiger partial charge in [0.15, 0.2) is 5.96 Å². The number of benzene rings is 1. The summed E-state index contributed by atoms with van der Waals surface area (Å²) in [7, 11) is 3.90. The number of aliphatic imine (C=N–C) groups is 1. The largest absolute Gasteiger partial charge is 0.365 e. The van der Waals surface area contributed by atoms with Crippen LogP contribution in [0.4, 0.5) is 20.3 Å². The van der Waals surface area contributed by atoms with E-state index in [1.165, 1.54) is 18.2 Å². The van der Waals surface area contributed by atoms with E-state index in [0.717, 1.165) is 24.5 Å². The molecule has 3 rings (SSSR count). The van der Waals surface area contributed by atoms with E-state index in [1.54, 1.807) is 4.90 Å². The van der Waals surface area contributed by atoms with Crippen LogP contribution in [0.15, 0.2) is 41.4 Å². The van der Waals surface area contributed by atoms with Crippen LogP contribution in [0.1, 0.15) is 19.0 Å². The molecule has 1 aromatic heterocycles. The Bertz CT molecular complexity index is 835. The summed E-state index contributed by atoms with van der Waals surface area (Å²) in [5.41, 5.74) is 0.915. The summed E-state index contributed by atoms with van der Waals surface area (Å²) < 4.78 is 28.1. The molecular formula is C21H28F2N6. The number of halogens is 2. The van der Waals surface area contributed by atoms with Crippen LogP contribution in [-0.4, -0.2) is 50.7 Å². The van der Waals surface area contributed by atoms with Gasteiger partial charge >= 0.3 is 0 Å². The molecule has 1 aliphatic heterocycles. The van der Waals surface area contributed by atoms with Gasteiger partial charge in [-0.3, -0.25) is 0 Å². The Balaban J connectivity index is 1.65. The van der Waals surface area contributed by atoms with E-state index in [-0.39, 0.29) is 11.7 Å². The lowest BCUT2D eigenvalue weighted by Gasteiger charge is -2.21.